The van der Waals surface area contributed by atoms with Gasteiger partial charge in [0.2, 0.25) is 0 Å². The highest BCUT2D eigenvalue weighted by atomic mass is 80.0. The molecule has 1 rings (SSSR count). The number of rotatable bonds is 2. The van der Waals surface area contributed by atoms with Gasteiger partial charge >= 0.3 is 0 Å². The van der Waals surface area contributed by atoms with E-state index in [0.717, 1.165) is 6.42 Å². The van der Waals surface area contributed by atoms with Crippen molar-refractivity contribution in [1.29, 1.82) is 0 Å². The zero-order valence-electron chi connectivity index (χ0n) is 6.68. The number of alkyl halides is 4. The fourth-order valence-corrected chi connectivity index (χ4v) is 4.05. The van der Waals surface area contributed by atoms with Gasteiger partial charge in [-0.2, -0.15) is 0 Å². The van der Waals surface area contributed by atoms with Crippen LogP contribution in [-0.2, 0) is 0 Å². The van der Waals surface area contributed by atoms with Crippen LogP contribution in [0.25, 0.3) is 0 Å². The minimum Gasteiger partial charge on any atom is -0.0838 e. The Morgan fingerprint density at radius 3 is 2.08 bits per heavy atom. The van der Waals surface area contributed by atoms with E-state index in [0.29, 0.717) is 4.83 Å². The fraction of sp³-hybridized carbons (Fsp3) is 0.333. The van der Waals surface area contributed by atoms with Crippen molar-refractivity contribution in [2.45, 2.75) is 13.4 Å². The highest BCUT2D eigenvalue weighted by Crippen LogP contribution is 2.44. The van der Waals surface area contributed by atoms with Crippen LogP contribution in [0.15, 0.2) is 30.3 Å². The molecule has 0 radical (unpaired) electrons. The van der Waals surface area contributed by atoms with E-state index >= 15 is 0 Å². The highest BCUT2D eigenvalue weighted by molar-refractivity contribution is 9.39. The predicted molar refractivity (Wildman–Crippen MR) is 72.2 cm³/mol. The molecule has 1 aromatic carbocycles. The van der Waals surface area contributed by atoms with Gasteiger partial charge in [-0.05, 0) is 12.0 Å². The van der Waals surface area contributed by atoms with E-state index in [1.807, 2.05) is 18.2 Å². The van der Waals surface area contributed by atoms with Crippen molar-refractivity contribution in [2.24, 2.45) is 0 Å². The molecule has 0 amide bonds. The van der Waals surface area contributed by atoms with Gasteiger partial charge in [-0.3, -0.25) is 0 Å². The van der Waals surface area contributed by atoms with E-state index in [1.54, 1.807) is 0 Å². The number of hydrogen-bond donors (Lipinski definition) is 0. The molecule has 72 valence electrons. The molecule has 0 bridgehead atoms. The average Bonchev–Trinajstić information content (AvgIpc) is 2.03. The summed E-state index contributed by atoms with van der Waals surface area (Å²) in [4.78, 5) is 0.340. The van der Waals surface area contributed by atoms with Crippen LogP contribution in [0.3, 0.4) is 0 Å². The number of halogens is 4. The van der Waals surface area contributed by atoms with Crippen molar-refractivity contribution in [3.05, 3.63) is 35.9 Å². The zero-order valence-corrected chi connectivity index (χ0v) is 13.0. The van der Waals surface area contributed by atoms with Crippen molar-refractivity contribution in [3.8, 4) is 0 Å². The Morgan fingerprint density at radius 1 is 1.08 bits per heavy atom. The van der Waals surface area contributed by atoms with Crippen LogP contribution >= 0.6 is 63.7 Å². The molecule has 0 aliphatic heterocycles. The topological polar surface area (TPSA) is 0 Å². The van der Waals surface area contributed by atoms with E-state index in [4.69, 9.17) is 0 Å². The lowest BCUT2D eigenvalue weighted by atomic mass is 10.1. The predicted octanol–water partition coefficient (Wildman–Crippen LogP) is 5.35. The van der Waals surface area contributed by atoms with Crippen LogP contribution in [0.2, 0.25) is 0 Å². The monoisotopic (exact) mass is 432 g/mol. The number of benzene rings is 1. The van der Waals surface area contributed by atoms with Crippen molar-refractivity contribution < 1.29 is 0 Å². The van der Waals surface area contributed by atoms with Crippen LogP contribution in [0.5, 0.6) is 0 Å². The zero-order chi connectivity index (χ0) is 9.90. The largest absolute Gasteiger partial charge is 0.136 e. The maximum Gasteiger partial charge on any atom is 0.136 e. The Bertz CT molecular complexity index is 252. The van der Waals surface area contributed by atoms with Gasteiger partial charge in [0, 0.05) is 4.83 Å². The van der Waals surface area contributed by atoms with Crippen LogP contribution in [-0.4, -0.2) is 2.14 Å². The van der Waals surface area contributed by atoms with E-state index in [-0.39, 0.29) is 2.14 Å². The quantitative estimate of drug-likeness (QED) is 0.549. The molecule has 0 aliphatic carbocycles. The highest BCUT2D eigenvalue weighted by Gasteiger charge is 2.22. The first-order valence-electron chi connectivity index (χ1n) is 3.75. The normalized spacial score (nSPS) is 14.2. The smallest absolute Gasteiger partial charge is 0.0838 e. The summed E-state index contributed by atoms with van der Waals surface area (Å²) in [5.41, 5.74) is 1.28. The maximum absolute atomic E-state index is 3.63. The van der Waals surface area contributed by atoms with Gasteiger partial charge in [0.25, 0.3) is 0 Å². The Labute approximate surface area is 112 Å². The molecular formula is C9H8Br4. The average molecular weight is 436 g/mol. The molecule has 1 aromatic rings. The van der Waals surface area contributed by atoms with Gasteiger partial charge in [-0.1, -0.05) is 94.1 Å². The SMILES string of the molecule is BrC(CC(Br)(Br)Br)c1ccccc1. The van der Waals surface area contributed by atoms with Crippen LogP contribution < -0.4 is 0 Å². The lowest BCUT2D eigenvalue weighted by Crippen LogP contribution is -2.03. The second-order valence-corrected chi connectivity index (χ2v) is 11.1. The third-order valence-corrected chi connectivity index (χ3v) is 3.40. The Morgan fingerprint density at radius 2 is 1.62 bits per heavy atom. The van der Waals surface area contributed by atoms with E-state index in [9.17, 15) is 0 Å². The molecule has 0 aromatic heterocycles. The van der Waals surface area contributed by atoms with Gasteiger partial charge in [0.15, 0.2) is 0 Å². The summed E-state index contributed by atoms with van der Waals surface area (Å²) < 4.78 is -0.184. The summed E-state index contributed by atoms with van der Waals surface area (Å²) in [6.45, 7) is 0. The van der Waals surface area contributed by atoms with Crippen molar-refractivity contribution in [1.82, 2.24) is 0 Å². The van der Waals surface area contributed by atoms with Gasteiger partial charge in [-0.15, -0.1) is 0 Å². The van der Waals surface area contributed by atoms with Crippen molar-refractivity contribution in [2.75, 3.05) is 0 Å². The maximum atomic E-state index is 3.63. The summed E-state index contributed by atoms with van der Waals surface area (Å²) in [5.74, 6) is 0. The Hall–Kier alpha value is 1.14. The Balaban J connectivity index is 2.64. The summed E-state index contributed by atoms with van der Waals surface area (Å²) >= 11 is 14.1. The molecule has 4 heteroatoms. The van der Waals surface area contributed by atoms with Crippen LogP contribution in [0, 0.1) is 0 Å². The summed E-state index contributed by atoms with van der Waals surface area (Å²) in [5, 5.41) is 0. The lowest BCUT2D eigenvalue weighted by molar-refractivity contribution is 0.888. The molecule has 0 fully saturated rings. The molecule has 0 saturated heterocycles. The van der Waals surface area contributed by atoms with Gasteiger partial charge in [0.05, 0.1) is 0 Å². The van der Waals surface area contributed by atoms with Crippen molar-refractivity contribution >= 4 is 63.7 Å². The van der Waals surface area contributed by atoms with E-state index in [2.05, 4.69) is 75.9 Å². The van der Waals surface area contributed by atoms with Crippen molar-refractivity contribution in [3.63, 3.8) is 0 Å². The standard InChI is InChI=1S/C9H8Br4/c10-8(6-9(11,12)13)7-4-2-1-3-5-7/h1-5,8H,6H2. The third-order valence-electron chi connectivity index (χ3n) is 1.57. The first-order valence-corrected chi connectivity index (χ1v) is 7.04. The summed E-state index contributed by atoms with van der Waals surface area (Å²) in [7, 11) is 0. The van der Waals surface area contributed by atoms with Crippen LogP contribution in [0.1, 0.15) is 16.8 Å². The second-order valence-electron chi connectivity index (χ2n) is 2.70. The molecule has 0 nitrogen and oxygen atoms in total. The number of hydrogen-bond acceptors (Lipinski definition) is 0. The molecule has 0 aliphatic rings. The van der Waals surface area contributed by atoms with Crippen LogP contribution in [0.4, 0.5) is 0 Å². The first kappa shape index (κ1) is 12.2. The molecule has 13 heavy (non-hydrogen) atoms. The molecule has 1 atom stereocenters. The minimum absolute atomic E-state index is 0.184. The minimum atomic E-state index is -0.184. The molecule has 1 unspecified atom stereocenters. The molecular weight excluding hydrogens is 428 g/mol. The summed E-state index contributed by atoms with van der Waals surface area (Å²) in [6, 6.07) is 10.3. The molecule has 0 spiro atoms. The Kier molecular flexibility index (Phi) is 4.97. The van der Waals surface area contributed by atoms with Gasteiger partial charge in [0.1, 0.15) is 2.14 Å². The van der Waals surface area contributed by atoms with E-state index in [1.165, 1.54) is 5.56 Å². The molecule has 0 N–H and O–H groups in total. The van der Waals surface area contributed by atoms with E-state index < -0.39 is 0 Å². The third kappa shape index (κ3) is 4.96. The molecule has 0 saturated carbocycles. The second kappa shape index (κ2) is 5.29. The fourth-order valence-electron chi connectivity index (χ4n) is 0.983. The van der Waals surface area contributed by atoms with Gasteiger partial charge < -0.3 is 0 Å². The van der Waals surface area contributed by atoms with Gasteiger partial charge in [-0.25, -0.2) is 0 Å². The summed E-state index contributed by atoms with van der Waals surface area (Å²) in [6.07, 6.45) is 0.914. The lowest BCUT2D eigenvalue weighted by Gasteiger charge is -2.16. The first-order chi connectivity index (χ1) is 5.99. The molecule has 0 heterocycles.